The molecule has 6 aromatic rings. The lowest BCUT2D eigenvalue weighted by atomic mass is 9.92. The second-order valence-corrected chi connectivity index (χ2v) is 12.9. The maximum Gasteiger partial charge on any atom is 0.213 e. The number of nitrogens with zero attached hydrogens (tertiary/aromatic N) is 3. The van der Waals surface area contributed by atoms with E-state index < -0.39 is 5.60 Å². The van der Waals surface area contributed by atoms with E-state index in [-0.39, 0.29) is 6.61 Å². The van der Waals surface area contributed by atoms with Gasteiger partial charge in [-0.15, -0.1) is 11.3 Å². The van der Waals surface area contributed by atoms with Crippen LogP contribution in [0.4, 0.5) is 0 Å². The summed E-state index contributed by atoms with van der Waals surface area (Å²) < 4.78 is 12.8. The normalized spacial score (nSPS) is 11.8. The molecule has 0 bridgehead atoms. The Balaban J connectivity index is 1.50. The van der Waals surface area contributed by atoms with Gasteiger partial charge in [0.05, 0.1) is 28.5 Å². The van der Waals surface area contributed by atoms with Gasteiger partial charge in [0.25, 0.3) is 0 Å². The molecule has 0 amide bonds. The van der Waals surface area contributed by atoms with Crippen LogP contribution in [0.25, 0.3) is 54.1 Å². The van der Waals surface area contributed by atoms with Gasteiger partial charge in [-0.3, -0.25) is 4.98 Å². The summed E-state index contributed by atoms with van der Waals surface area (Å²) in [7, 11) is 1.62. The molecule has 0 radical (unpaired) electrons. The largest absolute Gasteiger partial charge is 0.487 e. The molecule has 0 saturated carbocycles. The standard InChI is InChI=1S/C35H32ClN3O3S/c1-20-16-29-33(32(25(20)13-15-40)26-10-9-24(36)19-30(26)42-35(2,3)4)43-34(39-29)23-12-14-37-27(18-23)22-7-6-21-8-11-31(41-5)38-28(21)17-22/h6-12,14,16-19,40H,13,15H2,1-5H3. The molecule has 3 aromatic heterocycles. The topological polar surface area (TPSA) is 77.4 Å². The van der Waals surface area contributed by atoms with Gasteiger partial charge < -0.3 is 14.6 Å². The number of ether oxygens (including phenoxy) is 2. The number of fused-ring (bicyclic) bond motifs is 2. The molecular weight excluding hydrogens is 578 g/mol. The minimum Gasteiger partial charge on any atom is -0.487 e. The van der Waals surface area contributed by atoms with Crippen LogP contribution in [0.1, 0.15) is 31.9 Å². The highest BCUT2D eigenvalue weighted by Crippen LogP contribution is 2.45. The fourth-order valence-corrected chi connectivity index (χ4v) is 6.58. The maximum atomic E-state index is 10.0. The molecule has 43 heavy (non-hydrogen) atoms. The summed E-state index contributed by atoms with van der Waals surface area (Å²) in [5, 5.41) is 12.5. The van der Waals surface area contributed by atoms with E-state index in [0.29, 0.717) is 23.1 Å². The molecule has 1 N–H and O–H groups in total. The van der Waals surface area contributed by atoms with E-state index in [1.165, 1.54) is 0 Å². The number of halogens is 1. The highest BCUT2D eigenvalue weighted by Gasteiger charge is 2.23. The predicted molar refractivity (Wildman–Crippen MR) is 176 cm³/mol. The van der Waals surface area contributed by atoms with Gasteiger partial charge in [0.1, 0.15) is 16.4 Å². The predicted octanol–water partition coefficient (Wildman–Crippen LogP) is 8.92. The molecule has 6 rings (SSSR count). The first-order valence-electron chi connectivity index (χ1n) is 14.1. The number of aromatic nitrogens is 3. The lowest BCUT2D eigenvalue weighted by Gasteiger charge is -2.25. The Morgan fingerprint density at radius 1 is 0.907 bits per heavy atom. The number of hydrogen-bond acceptors (Lipinski definition) is 7. The highest BCUT2D eigenvalue weighted by molar-refractivity contribution is 7.22. The average Bonchev–Trinajstić information content (AvgIpc) is 3.40. The van der Waals surface area contributed by atoms with E-state index in [0.717, 1.165) is 65.2 Å². The van der Waals surface area contributed by atoms with Crippen LogP contribution < -0.4 is 9.47 Å². The minimum atomic E-state index is -0.421. The van der Waals surface area contributed by atoms with Crippen molar-refractivity contribution < 1.29 is 14.6 Å². The molecule has 3 aromatic carbocycles. The highest BCUT2D eigenvalue weighted by atomic mass is 35.5. The van der Waals surface area contributed by atoms with E-state index in [9.17, 15) is 5.11 Å². The van der Waals surface area contributed by atoms with Gasteiger partial charge in [-0.1, -0.05) is 23.7 Å². The third-order valence-corrected chi connectivity index (χ3v) is 8.55. The van der Waals surface area contributed by atoms with Crippen LogP contribution >= 0.6 is 22.9 Å². The van der Waals surface area contributed by atoms with Crippen molar-refractivity contribution in [2.45, 2.75) is 39.7 Å². The number of benzene rings is 3. The van der Waals surface area contributed by atoms with Gasteiger partial charge in [0, 0.05) is 51.5 Å². The molecule has 6 nitrogen and oxygen atoms in total. The van der Waals surface area contributed by atoms with E-state index in [2.05, 4.69) is 35.1 Å². The number of thiazole rings is 1. The molecule has 0 unspecified atom stereocenters. The van der Waals surface area contributed by atoms with Gasteiger partial charge >= 0.3 is 0 Å². The Kier molecular flexibility index (Phi) is 7.81. The molecule has 0 spiro atoms. The number of hydrogen-bond donors (Lipinski definition) is 1. The monoisotopic (exact) mass is 609 g/mol. The maximum absolute atomic E-state index is 10.0. The van der Waals surface area contributed by atoms with Gasteiger partial charge in [0.2, 0.25) is 5.88 Å². The Bertz CT molecular complexity index is 1980. The zero-order chi connectivity index (χ0) is 30.3. The van der Waals surface area contributed by atoms with Crippen LogP contribution in [0.5, 0.6) is 11.6 Å². The third-order valence-electron chi connectivity index (χ3n) is 7.18. The van der Waals surface area contributed by atoms with Gasteiger partial charge in [0.15, 0.2) is 0 Å². The van der Waals surface area contributed by atoms with Crippen molar-refractivity contribution in [2.24, 2.45) is 0 Å². The third kappa shape index (κ3) is 5.93. The quantitative estimate of drug-likeness (QED) is 0.195. The molecule has 218 valence electrons. The summed E-state index contributed by atoms with van der Waals surface area (Å²) in [6, 6.07) is 21.9. The first-order chi connectivity index (χ1) is 20.6. The van der Waals surface area contributed by atoms with Crippen molar-refractivity contribution in [3.63, 3.8) is 0 Å². The zero-order valence-corrected chi connectivity index (χ0v) is 26.3. The van der Waals surface area contributed by atoms with Crippen molar-refractivity contribution in [1.82, 2.24) is 15.0 Å². The molecule has 0 saturated heterocycles. The summed E-state index contributed by atoms with van der Waals surface area (Å²) in [5.41, 5.74) is 8.17. The smallest absolute Gasteiger partial charge is 0.213 e. The molecule has 0 aliphatic heterocycles. The zero-order valence-electron chi connectivity index (χ0n) is 24.7. The number of methoxy groups -OCH3 is 1. The summed E-state index contributed by atoms with van der Waals surface area (Å²) in [5.74, 6) is 1.28. The van der Waals surface area contributed by atoms with Crippen molar-refractivity contribution in [2.75, 3.05) is 13.7 Å². The second-order valence-electron chi connectivity index (χ2n) is 11.4. The van der Waals surface area contributed by atoms with Crippen molar-refractivity contribution in [1.29, 1.82) is 0 Å². The lowest BCUT2D eigenvalue weighted by Crippen LogP contribution is -2.23. The molecule has 3 heterocycles. The van der Waals surface area contributed by atoms with E-state index in [4.69, 9.17) is 26.1 Å². The summed E-state index contributed by atoms with van der Waals surface area (Å²) in [6.45, 7) is 8.17. The van der Waals surface area contributed by atoms with Gasteiger partial charge in [-0.25, -0.2) is 9.97 Å². The van der Waals surface area contributed by atoms with Gasteiger partial charge in [-0.2, -0.15) is 0 Å². The van der Waals surface area contributed by atoms with Crippen LogP contribution in [0, 0.1) is 6.92 Å². The van der Waals surface area contributed by atoms with E-state index in [1.54, 1.807) is 18.4 Å². The van der Waals surface area contributed by atoms with Crippen LogP contribution in [0.2, 0.25) is 5.02 Å². The molecule has 0 aliphatic carbocycles. The van der Waals surface area contributed by atoms with Crippen molar-refractivity contribution >= 4 is 44.1 Å². The Morgan fingerprint density at radius 3 is 2.49 bits per heavy atom. The number of aliphatic hydroxyl groups is 1. The van der Waals surface area contributed by atoms with Crippen LogP contribution in [-0.4, -0.2) is 39.4 Å². The summed E-state index contributed by atoms with van der Waals surface area (Å²) >= 11 is 8.06. The molecule has 0 aliphatic rings. The fourth-order valence-electron chi connectivity index (χ4n) is 5.29. The molecule has 8 heteroatoms. The van der Waals surface area contributed by atoms with Gasteiger partial charge in [-0.05, 0) is 93.8 Å². The number of aliphatic hydroxyl groups excluding tert-OH is 1. The molecule has 0 atom stereocenters. The number of aryl methyl sites for hydroxylation is 1. The first-order valence-corrected chi connectivity index (χ1v) is 15.3. The first kappa shape index (κ1) is 29.1. The summed E-state index contributed by atoms with van der Waals surface area (Å²) in [6.07, 6.45) is 2.33. The molecular formula is C35H32ClN3O3S. The fraction of sp³-hybridized carbons (Fsp3) is 0.229. The van der Waals surface area contributed by atoms with Crippen LogP contribution in [0.3, 0.4) is 0 Å². The Hall–Kier alpha value is -4.04. The van der Waals surface area contributed by atoms with E-state index >= 15 is 0 Å². The van der Waals surface area contributed by atoms with Crippen LogP contribution in [0.15, 0.2) is 72.9 Å². The van der Waals surface area contributed by atoms with Crippen molar-refractivity contribution in [3.05, 3.63) is 89.1 Å². The SMILES string of the molecule is COc1ccc2ccc(-c3cc(-c4nc5cc(C)c(CCO)c(-c6ccc(Cl)cc6OC(C)(C)C)c5s4)ccn3)cc2n1. The number of pyridine rings is 2. The van der Waals surface area contributed by atoms with E-state index in [1.807, 2.05) is 75.5 Å². The van der Waals surface area contributed by atoms with Crippen LogP contribution in [-0.2, 0) is 6.42 Å². The average molecular weight is 610 g/mol. The van der Waals surface area contributed by atoms with Crippen molar-refractivity contribution in [3.8, 4) is 44.6 Å². The Morgan fingerprint density at radius 2 is 1.72 bits per heavy atom. The second kappa shape index (κ2) is 11.6. The lowest BCUT2D eigenvalue weighted by molar-refractivity contribution is 0.132. The Labute approximate surface area is 260 Å². The summed E-state index contributed by atoms with van der Waals surface area (Å²) in [4.78, 5) is 14.4. The molecule has 0 fully saturated rings. The minimum absolute atomic E-state index is 0.0360. The number of rotatable bonds is 7.